The van der Waals surface area contributed by atoms with Gasteiger partial charge in [-0.05, 0) is 46.2 Å². The van der Waals surface area contributed by atoms with E-state index in [-0.39, 0.29) is 5.38 Å². The van der Waals surface area contributed by atoms with Crippen molar-refractivity contribution in [3.63, 3.8) is 0 Å². The van der Waals surface area contributed by atoms with Crippen LogP contribution in [0.3, 0.4) is 0 Å². The van der Waals surface area contributed by atoms with Gasteiger partial charge in [0.1, 0.15) is 0 Å². The standard InChI is InChI=1S/C13H19BrCl2S/c1-8(7-13(2,3)4)5-9(15)11-6-10(16)12(14)17-11/h6,8-9H,5,7H2,1-4H3. The van der Waals surface area contributed by atoms with E-state index in [1.54, 1.807) is 11.3 Å². The van der Waals surface area contributed by atoms with Crippen LogP contribution in [0.15, 0.2) is 9.85 Å². The van der Waals surface area contributed by atoms with E-state index in [9.17, 15) is 0 Å². The van der Waals surface area contributed by atoms with Gasteiger partial charge >= 0.3 is 0 Å². The molecule has 1 aromatic rings. The minimum absolute atomic E-state index is 0.0705. The minimum Gasteiger partial charge on any atom is -0.130 e. The van der Waals surface area contributed by atoms with Crippen molar-refractivity contribution in [3.8, 4) is 0 Å². The molecule has 0 aliphatic heterocycles. The van der Waals surface area contributed by atoms with Crippen molar-refractivity contribution < 1.29 is 0 Å². The highest BCUT2D eigenvalue weighted by molar-refractivity contribution is 9.11. The first kappa shape index (κ1) is 15.8. The van der Waals surface area contributed by atoms with Crippen LogP contribution in [0.25, 0.3) is 0 Å². The lowest BCUT2D eigenvalue weighted by molar-refractivity contribution is 0.295. The lowest BCUT2D eigenvalue weighted by Crippen LogP contribution is -2.12. The highest BCUT2D eigenvalue weighted by Gasteiger charge is 2.20. The van der Waals surface area contributed by atoms with E-state index in [0.717, 1.165) is 20.1 Å². The van der Waals surface area contributed by atoms with E-state index in [0.29, 0.717) is 11.3 Å². The summed E-state index contributed by atoms with van der Waals surface area (Å²) in [5.41, 5.74) is 0.365. The van der Waals surface area contributed by atoms with Crippen LogP contribution in [-0.2, 0) is 0 Å². The van der Waals surface area contributed by atoms with Crippen molar-refractivity contribution in [1.29, 1.82) is 0 Å². The number of alkyl halides is 1. The van der Waals surface area contributed by atoms with Crippen LogP contribution in [0.1, 0.15) is 50.8 Å². The molecule has 2 unspecified atom stereocenters. The number of hydrogen-bond acceptors (Lipinski definition) is 1. The first-order valence-corrected chi connectivity index (χ1v) is 8.20. The van der Waals surface area contributed by atoms with Crippen LogP contribution >= 0.6 is 50.5 Å². The molecule has 0 aliphatic rings. The summed E-state index contributed by atoms with van der Waals surface area (Å²) in [7, 11) is 0. The summed E-state index contributed by atoms with van der Waals surface area (Å²) in [5.74, 6) is 0.622. The minimum atomic E-state index is 0.0705. The van der Waals surface area contributed by atoms with Gasteiger partial charge in [0.2, 0.25) is 0 Å². The molecule has 98 valence electrons. The molecule has 0 radical (unpaired) electrons. The summed E-state index contributed by atoms with van der Waals surface area (Å²) < 4.78 is 0.975. The van der Waals surface area contributed by atoms with Gasteiger partial charge in [-0.25, -0.2) is 0 Å². The van der Waals surface area contributed by atoms with E-state index in [1.165, 1.54) is 6.42 Å². The van der Waals surface area contributed by atoms with Crippen LogP contribution in [0.4, 0.5) is 0 Å². The average Bonchev–Trinajstić information content (AvgIpc) is 2.43. The van der Waals surface area contributed by atoms with Gasteiger partial charge in [-0.3, -0.25) is 0 Å². The molecule has 0 amide bonds. The second-order valence-electron chi connectivity index (χ2n) is 5.84. The Morgan fingerprint density at radius 3 is 2.41 bits per heavy atom. The first-order chi connectivity index (χ1) is 7.69. The molecule has 17 heavy (non-hydrogen) atoms. The Morgan fingerprint density at radius 1 is 1.41 bits per heavy atom. The lowest BCUT2D eigenvalue weighted by atomic mass is 9.83. The second-order valence-corrected chi connectivity index (χ2v) is 9.18. The molecule has 0 saturated heterocycles. The molecule has 0 aromatic carbocycles. The van der Waals surface area contributed by atoms with E-state index in [1.807, 2.05) is 6.07 Å². The highest BCUT2D eigenvalue weighted by Crippen LogP contribution is 2.41. The molecule has 0 aliphatic carbocycles. The fourth-order valence-corrected chi connectivity index (χ4v) is 4.35. The normalized spacial score (nSPS) is 15.9. The van der Waals surface area contributed by atoms with E-state index >= 15 is 0 Å². The number of halogens is 3. The molecular weight excluding hydrogens is 339 g/mol. The molecule has 0 bridgehead atoms. The monoisotopic (exact) mass is 356 g/mol. The zero-order valence-corrected chi connectivity index (χ0v) is 14.6. The Kier molecular flexibility index (Phi) is 5.84. The Hall–Kier alpha value is 0.760. The molecule has 1 rings (SSSR count). The third-order valence-electron chi connectivity index (χ3n) is 2.54. The van der Waals surface area contributed by atoms with Crippen LogP contribution in [0.5, 0.6) is 0 Å². The Morgan fingerprint density at radius 2 is 2.00 bits per heavy atom. The van der Waals surface area contributed by atoms with Gasteiger partial charge in [0.25, 0.3) is 0 Å². The molecule has 1 heterocycles. The molecule has 2 atom stereocenters. The Labute approximate surface area is 127 Å². The van der Waals surface area contributed by atoms with E-state index in [2.05, 4.69) is 43.6 Å². The van der Waals surface area contributed by atoms with Crippen molar-refractivity contribution in [2.24, 2.45) is 11.3 Å². The third-order valence-corrected chi connectivity index (χ3v) is 5.67. The fourth-order valence-electron chi connectivity index (χ4n) is 2.12. The van der Waals surface area contributed by atoms with Crippen LogP contribution in [0, 0.1) is 11.3 Å². The number of hydrogen-bond donors (Lipinski definition) is 0. The largest absolute Gasteiger partial charge is 0.130 e. The van der Waals surface area contributed by atoms with Crippen LogP contribution in [0.2, 0.25) is 5.02 Å². The quantitative estimate of drug-likeness (QED) is 0.513. The van der Waals surface area contributed by atoms with Gasteiger partial charge in [-0.1, -0.05) is 39.3 Å². The molecular formula is C13H19BrCl2S. The van der Waals surface area contributed by atoms with Crippen molar-refractivity contribution in [2.45, 2.75) is 45.9 Å². The zero-order valence-electron chi connectivity index (χ0n) is 10.7. The summed E-state index contributed by atoms with van der Waals surface area (Å²) in [6.45, 7) is 9.08. The first-order valence-electron chi connectivity index (χ1n) is 5.78. The van der Waals surface area contributed by atoms with E-state index in [4.69, 9.17) is 23.2 Å². The molecule has 0 saturated carbocycles. The smallest absolute Gasteiger partial charge is 0.0887 e. The van der Waals surface area contributed by atoms with Crippen molar-refractivity contribution in [3.05, 3.63) is 19.8 Å². The van der Waals surface area contributed by atoms with Gasteiger partial charge < -0.3 is 0 Å². The van der Waals surface area contributed by atoms with E-state index < -0.39 is 0 Å². The lowest BCUT2D eigenvalue weighted by Gasteiger charge is -2.24. The molecule has 1 aromatic heterocycles. The maximum Gasteiger partial charge on any atom is 0.0887 e. The average molecular weight is 358 g/mol. The summed E-state index contributed by atoms with van der Waals surface area (Å²) in [5, 5.41) is 0.834. The van der Waals surface area contributed by atoms with Gasteiger partial charge in [0.05, 0.1) is 14.2 Å². The molecule has 0 fully saturated rings. The summed E-state index contributed by atoms with van der Waals surface area (Å²) in [6.07, 6.45) is 2.19. The molecule has 0 N–H and O–H groups in total. The zero-order chi connectivity index (χ0) is 13.2. The van der Waals surface area contributed by atoms with Gasteiger partial charge in [0.15, 0.2) is 0 Å². The van der Waals surface area contributed by atoms with Crippen LogP contribution < -0.4 is 0 Å². The molecule has 0 spiro atoms. The van der Waals surface area contributed by atoms with Gasteiger partial charge in [-0.2, -0.15) is 0 Å². The predicted molar refractivity (Wildman–Crippen MR) is 83.5 cm³/mol. The summed E-state index contributed by atoms with van der Waals surface area (Å²) in [4.78, 5) is 1.16. The number of rotatable bonds is 4. The fraction of sp³-hybridized carbons (Fsp3) is 0.692. The highest BCUT2D eigenvalue weighted by atomic mass is 79.9. The van der Waals surface area contributed by atoms with Crippen LogP contribution in [-0.4, -0.2) is 0 Å². The van der Waals surface area contributed by atoms with Crippen molar-refractivity contribution >= 4 is 50.5 Å². The molecule has 4 heteroatoms. The SMILES string of the molecule is CC(CC(Cl)c1cc(Cl)c(Br)s1)CC(C)(C)C. The number of thiophene rings is 1. The third kappa shape index (κ3) is 5.50. The Bertz CT molecular complexity index is 348. The predicted octanol–water partition coefficient (Wildman–Crippen LogP) is 6.91. The Balaban J connectivity index is 2.57. The summed E-state index contributed by atoms with van der Waals surface area (Å²) >= 11 is 17.5. The van der Waals surface area contributed by atoms with Gasteiger partial charge in [0, 0.05) is 4.88 Å². The van der Waals surface area contributed by atoms with Crippen molar-refractivity contribution in [2.75, 3.05) is 0 Å². The van der Waals surface area contributed by atoms with Gasteiger partial charge in [-0.15, -0.1) is 22.9 Å². The summed E-state index contributed by atoms with van der Waals surface area (Å²) in [6, 6.07) is 1.97. The maximum absolute atomic E-state index is 6.45. The molecule has 0 nitrogen and oxygen atoms in total. The topological polar surface area (TPSA) is 0 Å². The maximum atomic E-state index is 6.45. The van der Waals surface area contributed by atoms with Crippen molar-refractivity contribution in [1.82, 2.24) is 0 Å². The second kappa shape index (κ2) is 6.27.